The molecule has 108 valence electrons. The predicted octanol–water partition coefficient (Wildman–Crippen LogP) is 1.13. The molecule has 5 nitrogen and oxygen atoms in total. The fourth-order valence-corrected chi connectivity index (χ4v) is 3.29. The molecule has 0 spiro atoms. The van der Waals surface area contributed by atoms with Crippen molar-refractivity contribution in [3.8, 4) is 0 Å². The Labute approximate surface area is 114 Å². The molecule has 0 radical (unpaired) electrons. The summed E-state index contributed by atoms with van der Waals surface area (Å²) in [7, 11) is 0. The Morgan fingerprint density at radius 2 is 1.95 bits per heavy atom. The number of fused-ring (bicyclic) bond motifs is 1. The summed E-state index contributed by atoms with van der Waals surface area (Å²) in [6.07, 6.45) is 5.66. The van der Waals surface area contributed by atoms with Gasteiger partial charge in [-0.3, -0.25) is 4.79 Å². The van der Waals surface area contributed by atoms with Crippen LogP contribution >= 0.6 is 0 Å². The molecule has 1 saturated heterocycles. The molecule has 19 heavy (non-hydrogen) atoms. The van der Waals surface area contributed by atoms with E-state index in [0.717, 1.165) is 12.8 Å². The number of nitrogens with one attached hydrogen (secondary N) is 2. The number of hydrogen-bond donors (Lipinski definition) is 3. The van der Waals surface area contributed by atoms with Crippen LogP contribution in [0.5, 0.6) is 0 Å². The summed E-state index contributed by atoms with van der Waals surface area (Å²) in [5.74, 6) is -0.633. The maximum absolute atomic E-state index is 12.2. The van der Waals surface area contributed by atoms with Crippen LogP contribution in [-0.2, 0) is 9.59 Å². The zero-order valence-corrected chi connectivity index (χ0v) is 11.7. The van der Waals surface area contributed by atoms with Crippen molar-refractivity contribution in [1.29, 1.82) is 0 Å². The molecule has 2 fully saturated rings. The summed E-state index contributed by atoms with van der Waals surface area (Å²) in [6.45, 7) is 3.61. The van der Waals surface area contributed by atoms with Gasteiger partial charge in [0.2, 0.25) is 5.91 Å². The number of carbonyl (C=O) groups excluding carboxylic acids is 1. The summed E-state index contributed by atoms with van der Waals surface area (Å²) in [5.41, 5.74) is 0. The second kappa shape index (κ2) is 5.90. The molecule has 4 atom stereocenters. The van der Waals surface area contributed by atoms with Crippen LogP contribution in [0.4, 0.5) is 0 Å². The van der Waals surface area contributed by atoms with Crippen LogP contribution in [0.1, 0.15) is 46.0 Å². The van der Waals surface area contributed by atoms with E-state index in [4.69, 9.17) is 5.11 Å². The molecule has 0 aromatic carbocycles. The first-order valence-electron chi connectivity index (χ1n) is 7.28. The second-order valence-electron chi connectivity index (χ2n) is 6.17. The van der Waals surface area contributed by atoms with Crippen molar-refractivity contribution in [3.05, 3.63) is 0 Å². The predicted molar refractivity (Wildman–Crippen MR) is 71.7 cm³/mol. The molecule has 1 aliphatic heterocycles. The summed E-state index contributed by atoms with van der Waals surface area (Å²) >= 11 is 0. The third-order valence-corrected chi connectivity index (χ3v) is 4.41. The number of rotatable bonds is 4. The quantitative estimate of drug-likeness (QED) is 0.714. The van der Waals surface area contributed by atoms with Crippen LogP contribution in [-0.4, -0.2) is 35.1 Å². The number of amides is 1. The number of carbonyl (C=O) groups is 2. The van der Waals surface area contributed by atoms with Gasteiger partial charge in [0.25, 0.3) is 0 Å². The smallest absolute Gasteiger partial charge is 0.326 e. The topological polar surface area (TPSA) is 78.4 Å². The zero-order valence-electron chi connectivity index (χ0n) is 11.7. The SMILES string of the molecule is CC(C)[C@@H](NC(=O)C1CC2CCCCC2N1)C(=O)O. The maximum atomic E-state index is 12.2. The summed E-state index contributed by atoms with van der Waals surface area (Å²) in [5, 5.41) is 15.1. The highest BCUT2D eigenvalue weighted by atomic mass is 16.4. The highest BCUT2D eigenvalue weighted by Crippen LogP contribution is 2.33. The van der Waals surface area contributed by atoms with E-state index >= 15 is 0 Å². The van der Waals surface area contributed by atoms with E-state index in [0.29, 0.717) is 12.0 Å². The van der Waals surface area contributed by atoms with Crippen LogP contribution in [0, 0.1) is 11.8 Å². The first kappa shape index (κ1) is 14.3. The minimum absolute atomic E-state index is 0.106. The highest BCUT2D eigenvalue weighted by molar-refractivity contribution is 5.87. The Hall–Kier alpha value is -1.10. The van der Waals surface area contributed by atoms with Crippen molar-refractivity contribution in [1.82, 2.24) is 10.6 Å². The van der Waals surface area contributed by atoms with E-state index in [1.54, 1.807) is 13.8 Å². The molecule has 0 aromatic heterocycles. The first-order valence-corrected chi connectivity index (χ1v) is 7.28. The molecule has 3 N–H and O–H groups in total. The van der Waals surface area contributed by atoms with Crippen molar-refractivity contribution in [2.75, 3.05) is 0 Å². The van der Waals surface area contributed by atoms with Crippen molar-refractivity contribution in [2.45, 2.75) is 64.1 Å². The van der Waals surface area contributed by atoms with E-state index in [1.807, 2.05) is 0 Å². The average molecular weight is 268 g/mol. The Balaban J connectivity index is 1.91. The summed E-state index contributed by atoms with van der Waals surface area (Å²) in [6, 6.07) is -0.558. The van der Waals surface area contributed by atoms with Crippen LogP contribution in [0.25, 0.3) is 0 Å². The molecule has 3 unspecified atom stereocenters. The van der Waals surface area contributed by atoms with Gasteiger partial charge in [-0.1, -0.05) is 26.7 Å². The van der Waals surface area contributed by atoms with Gasteiger partial charge < -0.3 is 15.7 Å². The number of hydrogen-bond acceptors (Lipinski definition) is 3. The standard InChI is InChI=1S/C14H24N2O3/c1-8(2)12(14(18)19)16-13(17)11-7-9-5-3-4-6-10(9)15-11/h8-12,15H,3-7H2,1-2H3,(H,16,17)(H,18,19)/t9?,10?,11?,12-/m1/s1. The van der Waals surface area contributed by atoms with Gasteiger partial charge >= 0.3 is 5.97 Å². The molecule has 2 aliphatic rings. The first-order chi connectivity index (χ1) is 8.99. The summed E-state index contributed by atoms with van der Waals surface area (Å²) < 4.78 is 0. The van der Waals surface area contributed by atoms with Gasteiger partial charge in [0.15, 0.2) is 0 Å². The van der Waals surface area contributed by atoms with Gasteiger partial charge in [-0.2, -0.15) is 0 Å². The number of carboxylic acids is 1. The Bertz CT molecular complexity index is 343. The fraction of sp³-hybridized carbons (Fsp3) is 0.857. The molecule has 1 aliphatic carbocycles. The molecule has 1 amide bonds. The fourth-order valence-electron chi connectivity index (χ4n) is 3.29. The van der Waals surface area contributed by atoms with Crippen molar-refractivity contribution >= 4 is 11.9 Å². The Morgan fingerprint density at radius 1 is 1.26 bits per heavy atom. The zero-order chi connectivity index (χ0) is 14.0. The van der Waals surface area contributed by atoms with E-state index in [-0.39, 0.29) is 17.9 Å². The number of aliphatic carboxylic acids is 1. The van der Waals surface area contributed by atoms with Crippen molar-refractivity contribution in [3.63, 3.8) is 0 Å². The minimum atomic E-state index is -0.959. The lowest BCUT2D eigenvalue weighted by molar-refractivity contribution is -0.143. The van der Waals surface area contributed by atoms with Gasteiger partial charge in [0.05, 0.1) is 6.04 Å². The molecule has 1 heterocycles. The van der Waals surface area contributed by atoms with E-state index in [1.165, 1.54) is 19.3 Å². The molecule has 1 saturated carbocycles. The van der Waals surface area contributed by atoms with Crippen LogP contribution in [0.3, 0.4) is 0 Å². The van der Waals surface area contributed by atoms with Crippen molar-refractivity contribution in [2.24, 2.45) is 11.8 Å². The second-order valence-corrected chi connectivity index (χ2v) is 6.17. The van der Waals surface area contributed by atoms with E-state index in [2.05, 4.69) is 10.6 Å². The van der Waals surface area contributed by atoms with Crippen LogP contribution in [0.2, 0.25) is 0 Å². The minimum Gasteiger partial charge on any atom is -0.480 e. The third kappa shape index (κ3) is 3.26. The lowest BCUT2D eigenvalue weighted by atomic mass is 9.85. The van der Waals surface area contributed by atoms with E-state index in [9.17, 15) is 9.59 Å². The monoisotopic (exact) mass is 268 g/mol. The Kier molecular flexibility index (Phi) is 4.45. The Morgan fingerprint density at radius 3 is 2.53 bits per heavy atom. The van der Waals surface area contributed by atoms with Crippen molar-refractivity contribution < 1.29 is 14.7 Å². The van der Waals surface area contributed by atoms with Crippen LogP contribution < -0.4 is 10.6 Å². The summed E-state index contributed by atoms with van der Waals surface area (Å²) in [4.78, 5) is 23.3. The molecule has 5 heteroatoms. The molecule has 2 rings (SSSR count). The molecular weight excluding hydrogens is 244 g/mol. The third-order valence-electron chi connectivity index (χ3n) is 4.41. The largest absolute Gasteiger partial charge is 0.480 e. The molecule has 0 bridgehead atoms. The lowest BCUT2D eigenvalue weighted by Crippen LogP contribution is -2.51. The van der Waals surface area contributed by atoms with Gasteiger partial charge in [-0.05, 0) is 31.1 Å². The highest BCUT2D eigenvalue weighted by Gasteiger charge is 2.39. The van der Waals surface area contributed by atoms with Crippen LogP contribution in [0.15, 0.2) is 0 Å². The van der Waals surface area contributed by atoms with Gasteiger partial charge in [-0.25, -0.2) is 4.79 Å². The molecular formula is C14H24N2O3. The van der Waals surface area contributed by atoms with Gasteiger partial charge in [0, 0.05) is 6.04 Å². The number of carboxylic acid groups (broad SMARTS) is 1. The normalized spacial score (nSPS) is 31.8. The van der Waals surface area contributed by atoms with E-state index < -0.39 is 12.0 Å². The van der Waals surface area contributed by atoms with Gasteiger partial charge in [0.1, 0.15) is 6.04 Å². The lowest BCUT2D eigenvalue weighted by Gasteiger charge is -2.24. The maximum Gasteiger partial charge on any atom is 0.326 e. The van der Waals surface area contributed by atoms with Gasteiger partial charge in [-0.15, -0.1) is 0 Å². The average Bonchev–Trinajstić information content (AvgIpc) is 2.78. The molecule has 0 aromatic rings.